The number of carbonyl (C=O) groups is 2. The van der Waals surface area contributed by atoms with Crippen LogP contribution in [-0.2, 0) is 20.8 Å². The molecule has 4 aromatic carbocycles. The molecule has 0 heterocycles. The molecule has 4 N–H and O–H groups in total. The molecule has 4 aromatic rings. The van der Waals surface area contributed by atoms with E-state index < -0.39 is 41.5 Å². The monoisotopic (exact) mass is 578 g/mol. The summed E-state index contributed by atoms with van der Waals surface area (Å²) in [5.41, 5.74) is -0.518. The van der Waals surface area contributed by atoms with E-state index >= 15 is 0 Å². The van der Waals surface area contributed by atoms with Gasteiger partial charge in [0.05, 0.1) is 12.1 Å². The predicted molar refractivity (Wildman–Crippen MR) is 170 cm³/mol. The summed E-state index contributed by atoms with van der Waals surface area (Å²) in [5.74, 6) is -1.40. The molecule has 6 heteroatoms. The molecule has 0 fully saturated rings. The Morgan fingerprint density at radius 1 is 0.512 bits per heavy atom. The summed E-state index contributed by atoms with van der Waals surface area (Å²) in [6, 6.07) is 35.5. The van der Waals surface area contributed by atoms with Gasteiger partial charge in [0.25, 0.3) is 0 Å². The Labute approximate surface area is 254 Å². The maximum Gasteiger partial charge on any atom is 0.229 e. The van der Waals surface area contributed by atoms with Crippen molar-refractivity contribution in [3.05, 3.63) is 144 Å². The van der Waals surface area contributed by atoms with Crippen LogP contribution < -0.4 is 10.6 Å². The van der Waals surface area contributed by atoms with Gasteiger partial charge in [0, 0.05) is 0 Å². The van der Waals surface area contributed by atoms with Crippen molar-refractivity contribution in [2.45, 2.75) is 57.4 Å². The molecule has 0 radical (unpaired) electrons. The first-order chi connectivity index (χ1) is 20.6. The van der Waals surface area contributed by atoms with Crippen molar-refractivity contribution in [3.63, 3.8) is 0 Å². The first kappa shape index (κ1) is 31.7. The molecule has 0 saturated heterocycles. The van der Waals surface area contributed by atoms with Crippen LogP contribution in [-0.4, -0.2) is 34.1 Å². The molecule has 6 nitrogen and oxygen atoms in total. The number of benzene rings is 4. The van der Waals surface area contributed by atoms with Crippen molar-refractivity contribution in [2.75, 3.05) is 0 Å². The van der Waals surface area contributed by atoms with Gasteiger partial charge >= 0.3 is 0 Å². The zero-order valence-corrected chi connectivity index (χ0v) is 25.3. The zero-order valence-electron chi connectivity index (χ0n) is 25.3. The molecule has 0 aliphatic rings. The van der Waals surface area contributed by atoms with E-state index in [0.29, 0.717) is 22.3 Å². The maximum atomic E-state index is 13.5. The number of carbonyl (C=O) groups excluding carboxylic acids is 2. The van der Waals surface area contributed by atoms with Crippen LogP contribution in [0.3, 0.4) is 0 Å². The van der Waals surface area contributed by atoms with Crippen molar-refractivity contribution in [2.24, 2.45) is 11.8 Å². The standard InChI is InChI=1S/C37H42N2O4/c1-26(2)34(36(42,28-17-9-5-10-18-28)29-19-11-6-12-20-29)38-32(40)25-33(41)39-35(27(3)4)37(43,30-21-13-7-14-22-30)31-23-15-8-16-24-31/h5-24,26-27,34-35,42-43H,25H2,1-4H3,(H,38,40)(H,39,41). The van der Waals surface area contributed by atoms with Gasteiger partial charge < -0.3 is 20.8 Å². The highest BCUT2D eigenvalue weighted by Gasteiger charge is 2.44. The summed E-state index contributed by atoms with van der Waals surface area (Å²) >= 11 is 0. The Morgan fingerprint density at radius 2 is 0.744 bits per heavy atom. The summed E-state index contributed by atoms with van der Waals surface area (Å²) < 4.78 is 0. The van der Waals surface area contributed by atoms with Gasteiger partial charge in [0.1, 0.15) is 17.6 Å². The summed E-state index contributed by atoms with van der Waals surface area (Å²) in [5, 5.41) is 30.5. The van der Waals surface area contributed by atoms with E-state index in [2.05, 4.69) is 10.6 Å². The highest BCUT2D eigenvalue weighted by Crippen LogP contribution is 2.37. The van der Waals surface area contributed by atoms with Crippen molar-refractivity contribution >= 4 is 11.8 Å². The first-order valence-electron chi connectivity index (χ1n) is 14.8. The number of amides is 2. The van der Waals surface area contributed by atoms with Crippen LogP contribution >= 0.6 is 0 Å². The second kappa shape index (κ2) is 13.8. The molecule has 2 amide bonds. The topological polar surface area (TPSA) is 98.7 Å². The van der Waals surface area contributed by atoms with E-state index in [1.165, 1.54) is 0 Å². The SMILES string of the molecule is CC(C)C(NC(=O)CC(=O)NC(C(C)C)C(O)(c1ccccc1)c1ccccc1)C(O)(c1ccccc1)c1ccccc1. The smallest absolute Gasteiger partial charge is 0.229 e. The number of hydrogen-bond acceptors (Lipinski definition) is 4. The molecule has 2 unspecified atom stereocenters. The van der Waals surface area contributed by atoms with E-state index in [1.807, 2.05) is 149 Å². The average molecular weight is 579 g/mol. The van der Waals surface area contributed by atoms with Gasteiger partial charge in [-0.3, -0.25) is 9.59 Å². The van der Waals surface area contributed by atoms with Crippen LogP contribution in [0.25, 0.3) is 0 Å². The molecule has 0 aliphatic heterocycles. The van der Waals surface area contributed by atoms with Crippen LogP contribution in [0.5, 0.6) is 0 Å². The molecule has 43 heavy (non-hydrogen) atoms. The Morgan fingerprint density at radius 3 is 0.953 bits per heavy atom. The Kier molecular flexibility index (Phi) is 10.2. The average Bonchev–Trinajstić information content (AvgIpc) is 3.03. The molecular formula is C37H42N2O4. The summed E-state index contributed by atoms with van der Waals surface area (Å²) in [7, 11) is 0. The third-order valence-corrected chi connectivity index (χ3v) is 8.04. The third kappa shape index (κ3) is 6.87. The Hall–Kier alpha value is -4.26. The fraction of sp³-hybridized carbons (Fsp3) is 0.297. The second-order valence-electron chi connectivity index (χ2n) is 11.8. The second-order valence-corrected chi connectivity index (χ2v) is 11.8. The van der Waals surface area contributed by atoms with Crippen molar-refractivity contribution < 1.29 is 19.8 Å². The number of rotatable bonds is 12. The van der Waals surface area contributed by atoms with E-state index in [-0.39, 0.29) is 11.8 Å². The van der Waals surface area contributed by atoms with Crippen molar-refractivity contribution in [3.8, 4) is 0 Å². The van der Waals surface area contributed by atoms with Gasteiger partial charge in [-0.2, -0.15) is 0 Å². The van der Waals surface area contributed by atoms with Crippen LogP contribution in [0, 0.1) is 11.8 Å². The molecule has 0 saturated carbocycles. The molecule has 2 atom stereocenters. The molecular weight excluding hydrogens is 536 g/mol. The van der Waals surface area contributed by atoms with Gasteiger partial charge in [-0.15, -0.1) is 0 Å². The minimum absolute atomic E-state index is 0.179. The largest absolute Gasteiger partial charge is 0.378 e. The summed E-state index contributed by atoms with van der Waals surface area (Å²) in [4.78, 5) is 26.9. The minimum atomic E-state index is -1.54. The van der Waals surface area contributed by atoms with E-state index in [0.717, 1.165) is 0 Å². The van der Waals surface area contributed by atoms with Gasteiger partial charge in [-0.05, 0) is 34.1 Å². The molecule has 0 aliphatic carbocycles. The van der Waals surface area contributed by atoms with Crippen LogP contribution in [0.4, 0.5) is 0 Å². The van der Waals surface area contributed by atoms with E-state index in [4.69, 9.17) is 0 Å². The van der Waals surface area contributed by atoms with Crippen molar-refractivity contribution in [1.29, 1.82) is 0 Å². The number of nitrogens with one attached hydrogen (secondary N) is 2. The lowest BCUT2D eigenvalue weighted by Gasteiger charge is -2.41. The first-order valence-corrected chi connectivity index (χ1v) is 14.8. The van der Waals surface area contributed by atoms with E-state index in [1.54, 1.807) is 0 Å². The van der Waals surface area contributed by atoms with Gasteiger partial charge in [-0.1, -0.05) is 149 Å². The maximum absolute atomic E-state index is 13.5. The molecule has 4 rings (SSSR count). The third-order valence-electron chi connectivity index (χ3n) is 8.04. The van der Waals surface area contributed by atoms with Gasteiger partial charge in [0.2, 0.25) is 11.8 Å². The van der Waals surface area contributed by atoms with Crippen molar-refractivity contribution in [1.82, 2.24) is 10.6 Å². The lowest BCUT2D eigenvalue weighted by molar-refractivity contribution is -0.133. The van der Waals surface area contributed by atoms with Gasteiger partial charge in [0.15, 0.2) is 0 Å². The zero-order chi connectivity index (χ0) is 31.0. The van der Waals surface area contributed by atoms with Gasteiger partial charge in [-0.25, -0.2) is 0 Å². The number of hydrogen-bond donors (Lipinski definition) is 4. The lowest BCUT2D eigenvalue weighted by atomic mass is 9.75. The highest BCUT2D eigenvalue weighted by molar-refractivity contribution is 5.97. The Bertz CT molecular complexity index is 1270. The summed E-state index contributed by atoms with van der Waals surface area (Å²) in [6.45, 7) is 7.71. The molecule has 0 bridgehead atoms. The Balaban J connectivity index is 1.60. The summed E-state index contributed by atoms with van der Waals surface area (Å²) in [6.07, 6.45) is -0.467. The lowest BCUT2D eigenvalue weighted by Crippen LogP contribution is -2.56. The number of aliphatic hydroxyl groups is 2. The van der Waals surface area contributed by atoms with Crippen LogP contribution in [0.1, 0.15) is 56.4 Å². The normalized spacial score (nSPS) is 13.4. The van der Waals surface area contributed by atoms with E-state index in [9.17, 15) is 19.8 Å². The highest BCUT2D eigenvalue weighted by atomic mass is 16.3. The quantitative estimate of drug-likeness (QED) is 0.166. The fourth-order valence-electron chi connectivity index (χ4n) is 5.92. The van der Waals surface area contributed by atoms with Crippen LogP contribution in [0.2, 0.25) is 0 Å². The molecule has 0 spiro atoms. The fourth-order valence-corrected chi connectivity index (χ4v) is 5.92. The minimum Gasteiger partial charge on any atom is -0.378 e. The molecule has 0 aromatic heterocycles. The van der Waals surface area contributed by atoms with Crippen LogP contribution in [0.15, 0.2) is 121 Å². The predicted octanol–water partition coefficient (Wildman–Crippen LogP) is 5.53. The molecule has 224 valence electrons.